The lowest BCUT2D eigenvalue weighted by molar-refractivity contribution is -0.122. The third-order valence-corrected chi connectivity index (χ3v) is 7.22. The molecule has 0 aliphatic carbocycles. The SMILES string of the molecule is CCC(NC(=O)c1ccc2c(c1)OCO2)N1C(=O)C2(COc3cc4c(cc32)OCO4)c2ccccc21. The predicted molar refractivity (Wildman–Crippen MR) is 127 cm³/mol. The number of nitrogens with one attached hydrogen (secondary N) is 1. The van der Waals surface area contributed by atoms with Crippen LogP contribution in [0.1, 0.15) is 34.8 Å². The smallest absolute Gasteiger partial charge is 0.253 e. The molecule has 7 rings (SSSR count). The Hall–Kier alpha value is -4.40. The number of ether oxygens (including phenoxy) is 5. The first-order chi connectivity index (χ1) is 17.6. The van der Waals surface area contributed by atoms with Crippen LogP contribution < -0.4 is 33.9 Å². The molecule has 182 valence electrons. The van der Waals surface area contributed by atoms with E-state index in [9.17, 15) is 9.59 Å². The van der Waals surface area contributed by atoms with Crippen LogP contribution in [-0.2, 0) is 10.2 Å². The van der Waals surface area contributed by atoms with Crippen LogP contribution in [0.4, 0.5) is 5.69 Å². The molecule has 1 N–H and O–H groups in total. The Kier molecular flexibility index (Phi) is 4.39. The monoisotopic (exact) mass is 486 g/mol. The zero-order chi connectivity index (χ0) is 24.4. The van der Waals surface area contributed by atoms with Gasteiger partial charge in [-0.15, -0.1) is 0 Å². The molecule has 0 aromatic heterocycles. The fourth-order valence-electron chi connectivity index (χ4n) is 5.45. The molecule has 0 radical (unpaired) electrons. The summed E-state index contributed by atoms with van der Waals surface area (Å²) in [5.74, 6) is 2.45. The Morgan fingerprint density at radius 1 is 0.889 bits per heavy atom. The number of amides is 2. The van der Waals surface area contributed by atoms with Gasteiger partial charge < -0.3 is 29.0 Å². The van der Waals surface area contributed by atoms with Crippen LogP contribution in [0, 0.1) is 0 Å². The van der Waals surface area contributed by atoms with Gasteiger partial charge in [0.25, 0.3) is 5.91 Å². The lowest BCUT2D eigenvalue weighted by Crippen LogP contribution is -2.53. The fraction of sp³-hybridized carbons (Fsp3) is 0.259. The second kappa shape index (κ2) is 7.55. The minimum Gasteiger partial charge on any atom is -0.491 e. The molecular weight excluding hydrogens is 464 g/mol. The van der Waals surface area contributed by atoms with Gasteiger partial charge in [0.05, 0.1) is 5.69 Å². The summed E-state index contributed by atoms with van der Waals surface area (Å²) >= 11 is 0. The maximum Gasteiger partial charge on any atom is 0.253 e. The Bertz CT molecular complexity index is 1440. The Balaban J connectivity index is 1.26. The van der Waals surface area contributed by atoms with Gasteiger partial charge in [-0.05, 0) is 42.3 Å². The molecule has 4 aliphatic rings. The summed E-state index contributed by atoms with van der Waals surface area (Å²) in [6, 6.07) is 16.3. The van der Waals surface area contributed by atoms with Crippen molar-refractivity contribution in [2.45, 2.75) is 24.9 Å². The average Bonchev–Trinajstić information content (AvgIpc) is 3.68. The number of fused-ring (bicyclic) bond motifs is 6. The average molecular weight is 486 g/mol. The number of nitrogens with zero attached hydrogens (tertiary/aromatic N) is 1. The zero-order valence-corrected chi connectivity index (χ0v) is 19.4. The zero-order valence-electron chi connectivity index (χ0n) is 19.4. The molecule has 3 aromatic carbocycles. The molecule has 1 spiro atoms. The van der Waals surface area contributed by atoms with Crippen molar-refractivity contribution in [1.29, 1.82) is 0 Å². The van der Waals surface area contributed by atoms with E-state index in [0.717, 1.165) is 16.8 Å². The van der Waals surface area contributed by atoms with Gasteiger partial charge >= 0.3 is 0 Å². The first kappa shape index (κ1) is 20.9. The third kappa shape index (κ3) is 2.76. The van der Waals surface area contributed by atoms with E-state index in [4.69, 9.17) is 23.7 Å². The summed E-state index contributed by atoms with van der Waals surface area (Å²) in [5.41, 5.74) is 1.71. The van der Waals surface area contributed by atoms with Gasteiger partial charge in [-0.25, -0.2) is 0 Å². The van der Waals surface area contributed by atoms with Crippen molar-refractivity contribution in [2.24, 2.45) is 0 Å². The Labute approximate surface area is 206 Å². The molecule has 0 fully saturated rings. The highest BCUT2D eigenvalue weighted by Gasteiger charge is 2.58. The van der Waals surface area contributed by atoms with Gasteiger partial charge in [-0.3, -0.25) is 14.5 Å². The van der Waals surface area contributed by atoms with Crippen molar-refractivity contribution >= 4 is 17.5 Å². The van der Waals surface area contributed by atoms with E-state index in [1.54, 1.807) is 29.2 Å². The first-order valence-corrected chi connectivity index (χ1v) is 11.8. The minimum absolute atomic E-state index is 0.128. The van der Waals surface area contributed by atoms with Gasteiger partial charge in [-0.2, -0.15) is 0 Å². The first-order valence-electron chi connectivity index (χ1n) is 11.8. The maximum absolute atomic E-state index is 14.3. The van der Waals surface area contributed by atoms with E-state index < -0.39 is 11.6 Å². The number of benzene rings is 3. The molecule has 9 heteroatoms. The van der Waals surface area contributed by atoms with Crippen LogP contribution in [0.3, 0.4) is 0 Å². The van der Waals surface area contributed by atoms with Crippen LogP contribution in [0.5, 0.6) is 28.7 Å². The van der Waals surface area contributed by atoms with Crippen LogP contribution in [0.15, 0.2) is 54.6 Å². The molecule has 0 saturated carbocycles. The summed E-state index contributed by atoms with van der Waals surface area (Å²) in [7, 11) is 0. The maximum atomic E-state index is 14.3. The molecule has 0 bridgehead atoms. The number of hydrogen-bond donors (Lipinski definition) is 1. The van der Waals surface area contributed by atoms with E-state index in [2.05, 4.69) is 5.32 Å². The molecule has 2 unspecified atom stereocenters. The lowest BCUT2D eigenvalue weighted by atomic mass is 9.77. The molecule has 36 heavy (non-hydrogen) atoms. The molecule has 3 aromatic rings. The van der Waals surface area contributed by atoms with Gasteiger partial charge in [-0.1, -0.05) is 25.1 Å². The molecule has 9 nitrogen and oxygen atoms in total. The van der Waals surface area contributed by atoms with Crippen LogP contribution >= 0.6 is 0 Å². The van der Waals surface area contributed by atoms with E-state index in [-0.39, 0.29) is 32.0 Å². The minimum atomic E-state index is -1.04. The highest BCUT2D eigenvalue weighted by atomic mass is 16.7. The lowest BCUT2D eigenvalue weighted by Gasteiger charge is -2.30. The van der Waals surface area contributed by atoms with Crippen molar-refractivity contribution in [1.82, 2.24) is 5.32 Å². The van der Waals surface area contributed by atoms with Crippen molar-refractivity contribution < 1.29 is 33.3 Å². The number of rotatable bonds is 4. The summed E-state index contributed by atoms with van der Waals surface area (Å²) in [4.78, 5) is 29.2. The Morgan fingerprint density at radius 2 is 1.61 bits per heavy atom. The number of carbonyl (C=O) groups is 2. The summed E-state index contributed by atoms with van der Waals surface area (Å²) in [6.45, 7) is 2.35. The van der Waals surface area contributed by atoms with E-state index in [0.29, 0.717) is 40.7 Å². The van der Waals surface area contributed by atoms with Gasteiger partial charge in [0, 0.05) is 17.2 Å². The molecule has 4 heterocycles. The second-order valence-electron chi connectivity index (χ2n) is 9.05. The van der Waals surface area contributed by atoms with E-state index in [1.807, 2.05) is 37.3 Å². The van der Waals surface area contributed by atoms with Crippen molar-refractivity contribution in [3.8, 4) is 28.7 Å². The normalized spacial score (nSPS) is 20.8. The Morgan fingerprint density at radius 3 is 2.42 bits per heavy atom. The van der Waals surface area contributed by atoms with Crippen LogP contribution in [0.2, 0.25) is 0 Å². The molecule has 2 amide bonds. The topological polar surface area (TPSA) is 95.6 Å². The number of anilines is 1. The van der Waals surface area contributed by atoms with Crippen LogP contribution in [0.25, 0.3) is 0 Å². The standard InChI is InChI=1S/C27H22N2O7/c1-2-24(28-25(30)15-7-8-19-21(9-15)34-13-33-19)29-18-6-4-3-5-16(18)27(26(29)31)12-32-20-11-23-22(10-17(20)27)35-14-36-23/h3-11,24H,2,12-14H2,1H3,(H,28,30). The largest absolute Gasteiger partial charge is 0.491 e. The summed E-state index contributed by atoms with van der Waals surface area (Å²) in [6.07, 6.45) is -0.0737. The quantitative estimate of drug-likeness (QED) is 0.604. The van der Waals surface area contributed by atoms with E-state index >= 15 is 0 Å². The highest BCUT2D eigenvalue weighted by molar-refractivity contribution is 6.12. The summed E-state index contributed by atoms with van der Waals surface area (Å²) < 4.78 is 27.9. The molecule has 2 atom stereocenters. The molecule has 0 saturated heterocycles. The van der Waals surface area contributed by atoms with Gasteiger partial charge in [0.2, 0.25) is 19.5 Å². The van der Waals surface area contributed by atoms with Crippen molar-refractivity contribution in [3.63, 3.8) is 0 Å². The second-order valence-corrected chi connectivity index (χ2v) is 9.05. The van der Waals surface area contributed by atoms with Crippen LogP contribution in [-0.4, -0.2) is 38.2 Å². The number of hydrogen-bond acceptors (Lipinski definition) is 7. The molecule has 4 aliphatic heterocycles. The fourth-order valence-corrected chi connectivity index (χ4v) is 5.45. The molecular formula is C27H22N2O7. The third-order valence-electron chi connectivity index (χ3n) is 7.22. The summed E-state index contributed by atoms with van der Waals surface area (Å²) in [5, 5.41) is 3.04. The number of carbonyl (C=O) groups excluding carboxylic acids is 2. The van der Waals surface area contributed by atoms with Crippen molar-refractivity contribution in [2.75, 3.05) is 25.1 Å². The number of para-hydroxylation sites is 1. The van der Waals surface area contributed by atoms with Gasteiger partial charge in [0.15, 0.2) is 23.0 Å². The van der Waals surface area contributed by atoms with Gasteiger partial charge in [0.1, 0.15) is 23.9 Å². The van der Waals surface area contributed by atoms with Crippen molar-refractivity contribution in [3.05, 3.63) is 71.3 Å². The highest BCUT2D eigenvalue weighted by Crippen LogP contribution is 2.55. The van der Waals surface area contributed by atoms with E-state index in [1.165, 1.54) is 0 Å². The predicted octanol–water partition coefficient (Wildman–Crippen LogP) is 3.34.